The molecule has 2 aromatic carbocycles. The van der Waals surface area contributed by atoms with E-state index in [4.69, 9.17) is 0 Å². The molecular formula is C21H25NO5. The van der Waals surface area contributed by atoms with Crippen LogP contribution in [0.3, 0.4) is 0 Å². The van der Waals surface area contributed by atoms with Gasteiger partial charge in [-0.2, -0.15) is 0 Å². The van der Waals surface area contributed by atoms with E-state index in [1.807, 2.05) is 6.92 Å². The van der Waals surface area contributed by atoms with Crippen molar-refractivity contribution in [2.75, 3.05) is 13.6 Å². The minimum atomic E-state index is -0.327. The van der Waals surface area contributed by atoms with Gasteiger partial charge in [0.25, 0.3) is 5.91 Å². The van der Waals surface area contributed by atoms with Crippen LogP contribution in [0, 0.1) is 6.92 Å². The van der Waals surface area contributed by atoms with Crippen LogP contribution >= 0.6 is 0 Å². The topological polar surface area (TPSA) is 98.1 Å². The smallest absolute Gasteiger partial charge is 0.253 e. The molecule has 0 aliphatic heterocycles. The Morgan fingerprint density at radius 1 is 1.11 bits per heavy atom. The Hall–Kier alpha value is -3.02. The van der Waals surface area contributed by atoms with Crippen LogP contribution in [0.2, 0.25) is 0 Å². The Bertz CT molecular complexity index is 875. The quantitative estimate of drug-likeness (QED) is 0.532. The van der Waals surface area contributed by atoms with Crippen molar-refractivity contribution in [3.63, 3.8) is 0 Å². The van der Waals surface area contributed by atoms with Crippen LogP contribution < -0.4 is 0 Å². The fraction of sp³-hybridized carbons (Fsp3) is 0.333. The first-order chi connectivity index (χ1) is 12.6. The summed E-state index contributed by atoms with van der Waals surface area (Å²) in [5.74, 6) is -0.739. The Kier molecular flexibility index (Phi) is 6.10. The maximum atomic E-state index is 12.5. The Labute approximate surface area is 158 Å². The van der Waals surface area contributed by atoms with Crippen molar-refractivity contribution >= 4 is 11.7 Å². The highest BCUT2D eigenvalue weighted by molar-refractivity contribution is 5.97. The molecule has 1 unspecified atom stereocenters. The van der Waals surface area contributed by atoms with E-state index < -0.39 is 0 Å². The zero-order chi connectivity index (χ0) is 20.3. The molecule has 27 heavy (non-hydrogen) atoms. The summed E-state index contributed by atoms with van der Waals surface area (Å²) in [6.45, 7) is 5.34. The predicted molar refractivity (Wildman–Crippen MR) is 103 cm³/mol. The second-order valence-electron chi connectivity index (χ2n) is 6.91. The van der Waals surface area contributed by atoms with Gasteiger partial charge in [0.05, 0.1) is 5.56 Å². The molecule has 0 fully saturated rings. The van der Waals surface area contributed by atoms with Crippen LogP contribution in [0.4, 0.5) is 0 Å². The fourth-order valence-electron chi connectivity index (χ4n) is 2.94. The van der Waals surface area contributed by atoms with Crippen LogP contribution in [0.5, 0.6) is 17.2 Å². The number of nitrogens with zero attached hydrogens (tertiary/aromatic N) is 1. The van der Waals surface area contributed by atoms with E-state index in [0.29, 0.717) is 29.7 Å². The van der Waals surface area contributed by atoms with Gasteiger partial charge in [-0.3, -0.25) is 9.59 Å². The second-order valence-corrected chi connectivity index (χ2v) is 6.91. The molecule has 144 valence electrons. The standard InChI is InChI=1S/C21H25NO5/c1-12(17-10-16(24)11-18(14(3)23)20(17)26)7-8-22(4)21(27)15-5-6-19(25)13(2)9-15/h5-6,9-12,24-26H,7-8H2,1-4H3. The molecule has 0 saturated carbocycles. The molecule has 0 aliphatic carbocycles. The summed E-state index contributed by atoms with van der Waals surface area (Å²) in [5.41, 5.74) is 1.67. The number of carbonyl (C=O) groups is 2. The van der Waals surface area contributed by atoms with E-state index in [-0.39, 0.29) is 40.4 Å². The fourth-order valence-corrected chi connectivity index (χ4v) is 2.94. The van der Waals surface area contributed by atoms with Crippen molar-refractivity contribution in [1.82, 2.24) is 4.90 Å². The van der Waals surface area contributed by atoms with Crippen LogP contribution in [0.25, 0.3) is 0 Å². The predicted octanol–water partition coefficient (Wildman–Crippen LogP) is 3.58. The van der Waals surface area contributed by atoms with Crippen LogP contribution in [0.1, 0.15) is 58.0 Å². The van der Waals surface area contributed by atoms with Gasteiger partial charge >= 0.3 is 0 Å². The Balaban J connectivity index is 2.10. The minimum absolute atomic E-state index is 0.0798. The number of phenolic OH excluding ortho intramolecular Hbond substituents is 3. The lowest BCUT2D eigenvalue weighted by molar-refractivity contribution is 0.0791. The molecule has 0 radical (unpaired) electrons. The highest BCUT2D eigenvalue weighted by Crippen LogP contribution is 2.35. The number of phenols is 3. The third-order valence-corrected chi connectivity index (χ3v) is 4.72. The normalized spacial score (nSPS) is 11.9. The molecule has 1 amide bonds. The van der Waals surface area contributed by atoms with Gasteiger partial charge < -0.3 is 20.2 Å². The summed E-state index contributed by atoms with van der Waals surface area (Å²) in [4.78, 5) is 25.7. The summed E-state index contributed by atoms with van der Waals surface area (Å²) in [6, 6.07) is 7.39. The summed E-state index contributed by atoms with van der Waals surface area (Å²) < 4.78 is 0. The average molecular weight is 371 g/mol. The van der Waals surface area contributed by atoms with Gasteiger partial charge in [0.1, 0.15) is 17.2 Å². The molecule has 0 bridgehead atoms. The lowest BCUT2D eigenvalue weighted by Crippen LogP contribution is -2.28. The zero-order valence-electron chi connectivity index (χ0n) is 16.0. The van der Waals surface area contributed by atoms with E-state index in [1.54, 1.807) is 31.0 Å². The molecule has 0 saturated heterocycles. The molecule has 3 N–H and O–H groups in total. The largest absolute Gasteiger partial charge is 0.508 e. The first-order valence-corrected chi connectivity index (χ1v) is 8.73. The van der Waals surface area contributed by atoms with Crippen LogP contribution in [-0.4, -0.2) is 45.5 Å². The van der Waals surface area contributed by atoms with Gasteiger partial charge in [-0.05, 0) is 62.1 Å². The van der Waals surface area contributed by atoms with E-state index in [2.05, 4.69) is 0 Å². The Morgan fingerprint density at radius 2 is 1.78 bits per heavy atom. The third-order valence-electron chi connectivity index (χ3n) is 4.72. The number of hydrogen-bond donors (Lipinski definition) is 3. The van der Waals surface area contributed by atoms with Gasteiger partial charge in [-0.25, -0.2) is 0 Å². The van der Waals surface area contributed by atoms with Gasteiger partial charge in [0.2, 0.25) is 0 Å². The molecule has 2 aromatic rings. The third kappa shape index (κ3) is 4.58. The lowest BCUT2D eigenvalue weighted by atomic mass is 9.93. The number of benzene rings is 2. The number of aromatic hydroxyl groups is 3. The molecule has 0 aliphatic rings. The molecule has 0 spiro atoms. The number of rotatable bonds is 6. The van der Waals surface area contributed by atoms with Gasteiger partial charge in [0, 0.05) is 24.7 Å². The summed E-state index contributed by atoms with van der Waals surface area (Å²) in [5, 5.41) is 29.7. The first-order valence-electron chi connectivity index (χ1n) is 8.73. The minimum Gasteiger partial charge on any atom is -0.508 e. The van der Waals surface area contributed by atoms with Crippen molar-refractivity contribution in [1.29, 1.82) is 0 Å². The number of aryl methyl sites for hydroxylation is 1. The van der Waals surface area contributed by atoms with Crippen molar-refractivity contribution in [2.45, 2.75) is 33.1 Å². The number of amides is 1. The van der Waals surface area contributed by atoms with Gasteiger partial charge in [-0.15, -0.1) is 0 Å². The lowest BCUT2D eigenvalue weighted by Gasteiger charge is -2.21. The van der Waals surface area contributed by atoms with Crippen LogP contribution in [0.15, 0.2) is 30.3 Å². The van der Waals surface area contributed by atoms with Gasteiger partial charge in [0.15, 0.2) is 5.78 Å². The second kappa shape index (κ2) is 8.12. The molecule has 0 aromatic heterocycles. The number of Topliss-reactive ketones (excluding diaryl/α,β-unsaturated/α-hetero) is 1. The first kappa shape index (κ1) is 20.3. The zero-order valence-corrected chi connectivity index (χ0v) is 16.0. The number of hydrogen-bond acceptors (Lipinski definition) is 5. The van der Waals surface area contributed by atoms with Crippen molar-refractivity contribution < 1.29 is 24.9 Å². The maximum absolute atomic E-state index is 12.5. The SMILES string of the molecule is CC(=O)c1cc(O)cc(C(C)CCN(C)C(=O)c2ccc(O)c(C)c2)c1O. The number of carbonyl (C=O) groups excluding carboxylic acids is 2. The monoisotopic (exact) mass is 371 g/mol. The molecular weight excluding hydrogens is 346 g/mol. The van der Waals surface area contributed by atoms with E-state index >= 15 is 0 Å². The summed E-state index contributed by atoms with van der Waals surface area (Å²) in [6.07, 6.45) is 0.535. The highest BCUT2D eigenvalue weighted by Gasteiger charge is 2.19. The summed E-state index contributed by atoms with van der Waals surface area (Å²) >= 11 is 0. The molecule has 0 heterocycles. The van der Waals surface area contributed by atoms with E-state index in [9.17, 15) is 24.9 Å². The van der Waals surface area contributed by atoms with E-state index in [0.717, 1.165) is 0 Å². The average Bonchev–Trinajstić information content (AvgIpc) is 2.62. The van der Waals surface area contributed by atoms with Crippen LogP contribution in [-0.2, 0) is 0 Å². The van der Waals surface area contributed by atoms with Gasteiger partial charge in [-0.1, -0.05) is 6.92 Å². The summed E-state index contributed by atoms with van der Waals surface area (Å²) in [7, 11) is 1.68. The molecule has 2 rings (SSSR count). The molecule has 6 nitrogen and oxygen atoms in total. The van der Waals surface area contributed by atoms with Crippen molar-refractivity contribution in [3.05, 3.63) is 52.6 Å². The molecule has 6 heteroatoms. The molecule has 1 atom stereocenters. The van der Waals surface area contributed by atoms with Crippen molar-refractivity contribution in [2.24, 2.45) is 0 Å². The van der Waals surface area contributed by atoms with Crippen molar-refractivity contribution in [3.8, 4) is 17.2 Å². The van der Waals surface area contributed by atoms with E-state index in [1.165, 1.54) is 25.1 Å². The Morgan fingerprint density at radius 3 is 2.37 bits per heavy atom. The number of ketones is 1. The highest BCUT2D eigenvalue weighted by atomic mass is 16.3. The maximum Gasteiger partial charge on any atom is 0.253 e.